The molecule has 23 heavy (non-hydrogen) atoms. The summed E-state index contributed by atoms with van der Waals surface area (Å²) in [6.45, 7) is 2.11. The summed E-state index contributed by atoms with van der Waals surface area (Å²) in [6.07, 6.45) is 4.75. The van der Waals surface area contributed by atoms with E-state index in [1.807, 2.05) is 0 Å². The quantitative estimate of drug-likeness (QED) is 0.509. The lowest BCUT2D eigenvalue weighted by atomic mass is 9.62. The minimum Gasteiger partial charge on any atom is -0.481 e. The number of nitrogens with one attached hydrogen (secondary N) is 2. The number of carboxylic acids is 1. The number of hydrogen-bond acceptors (Lipinski definition) is 4. The third-order valence-electron chi connectivity index (χ3n) is 5.11. The van der Waals surface area contributed by atoms with Gasteiger partial charge in [0.15, 0.2) is 0 Å². The zero-order valence-corrected chi connectivity index (χ0v) is 13.4. The number of rotatable bonds is 6. The van der Waals surface area contributed by atoms with Gasteiger partial charge in [-0.3, -0.25) is 25.0 Å². The molecule has 0 bridgehead atoms. The largest absolute Gasteiger partial charge is 0.481 e. The van der Waals surface area contributed by atoms with Gasteiger partial charge in [-0.25, -0.2) is 4.79 Å². The van der Waals surface area contributed by atoms with Crippen molar-refractivity contribution in [2.45, 2.75) is 58.3 Å². The van der Waals surface area contributed by atoms with Gasteiger partial charge < -0.3 is 5.11 Å². The van der Waals surface area contributed by atoms with Crippen molar-refractivity contribution < 1.29 is 24.3 Å². The fourth-order valence-electron chi connectivity index (χ4n) is 3.93. The molecule has 0 aromatic heterocycles. The average Bonchev–Trinajstić information content (AvgIpc) is 2.45. The number of carboxylic acid groups (broad SMARTS) is 1. The SMILES string of the molecule is CC1CCCC(C2(CCCCC(=O)O)C(=O)NC(=O)NC2=O)C1. The molecule has 4 amide bonds. The lowest BCUT2D eigenvalue weighted by Crippen LogP contribution is -2.65. The number of urea groups is 1. The minimum atomic E-state index is -1.25. The summed E-state index contributed by atoms with van der Waals surface area (Å²) < 4.78 is 0. The van der Waals surface area contributed by atoms with Crippen molar-refractivity contribution in [1.82, 2.24) is 10.6 Å². The summed E-state index contributed by atoms with van der Waals surface area (Å²) in [6, 6.07) is -0.773. The van der Waals surface area contributed by atoms with Gasteiger partial charge in [0.2, 0.25) is 11.8 Å². The van der Waals surface area contributed by atoms with Crippen LogP contribution in [0.2, 0.25) is 0 Å². The van der Waals surface area contributed by atoms with Gasteiger partial charge in [0, 0.05) is 6.42 Å². The van der Waals surface area contributed by atoms with Gasteiger partial charge in [-0.1, -0.05) is 26.2 Å². The van der Waals surface area contributed by atoms with Gasteiger partial charge >= 0.3 is 12.0 Å². The Morgan fingerprint density at radius 3 is 2.39 bits per heavy atom. The standard InChI is InChI=1S/C16H24N2O5/c1-10-5-4-6-11(9-10)16(8-3-2-7-12(19)20)13(21)17-15(23)18-14(16)22/h10-11H,2-9H2,1H3,(H,19,20)(H2,17,18,21,22,23). The van der Waals surface area contributed by atoms with E-state index in [1.54, 1.807) is 0 Å². The lowest BCUT2D eigenvalue weighted by Gasteiger charge is -2.43. The zero-order valence-electron chi connectivity index (χ0n) is 13.4. The molecule has 1 saturated heterocycles. The Hall–Kier alpha value is -1.92. The lowest BCUT2D eigenvalue weighted by molar-refractivity contribution is -0.150. The molecule has 0 aromatic carbocycles. The van der Waals surface area contributed by atoms with E-state index in [1.165, 1.54) is 0 Å². The summed E-state index contributed by atoms with van der Waals surface area (Å²) in [5.41, 5.74) is -1.25. The fourth-order valence-corrected chi connectivity index (χ4v) is 3.93. The van der Waals surface area contributed by atoms with Crippen molar-refractivity contribution in [3.63, 3.8) is 0 Å². The summed E-state index contributed by atoms with van der Waals surface area (Å²) in [5.74, 6) is -1.62. The smallest absolute Gasteiger partial charge is 0.328 e. The van der Waals surface area contributed by atoms with Gasteiger partial charge in [-0.2, -0.15) is 0 Å². The second-order valence-corrected chi connectivity index (χ2v) is 6.78. The molecule has 2 fully saturated rings. The summed E-state index contributed by atoms with van der Waals surface area (Å²) in [5, 5.41) is 13.2. The Bertz CT molecular complexity index is 497. The molecule has 1 saturated carbocycles. The van der Waals surface area contributed by atoms with Crippen molar-refractivity contribution in [3.8, 4) is 0 Å². The van der Waals surface area contributed by atoms with Crippen LogP contribution >= 0.6 is 0 Å². The maximum atomic E-state index is 12.6. The molecule has 1 heterocycles. The van der Waals surface area contributed by atoms with Crippen molar-refractivity contribution in [1.29, 1.82) is 0 Å². The van der Waals surface area contributed by atoms with E-state index in [4.69, 9.17) is 5.11 Å². The zero-order chi connectivity index (χ0) is 17.0. The molecule has 1 aliphatic heterocycles. The molecular formula is C16H24N2O5. The number of amides is 4. The first kappa shape index (κ1) is 17.4. The summed E-state index contributed by atoms with van der Waals surface area (Å²) in [4.78, 5) is 47.2. The first-order valence-electron chi connectivity index (χ1n) is 8.25. The maximum Gasteiger partial charge on any atom is 0.328 e. The molecule has 0 aromatic rings. The molecule has 2 aliphatic rings. The van der Waals surface area contributed by atoms with Crippen LogP contribution < -0.4 is 10.6 Å². The number of imide groups is 2. The molecule has 128 valence electrons. The molecular weight excluding hydrogens is 300 g/mol. The van der Waals surface area contributed by atoms with Gasteiger partial charge in [-0.05, 0) is 37.5 Å². The number of barbiturate groups is 1. The predicted molar refractivity (Wildman–Crippen MR) is 81.3 cm³/mol. The molecule has 0 spiro atoms. The average molecular weight is 324 g/mol. The van der Waals surface area contributed by atoms with Crippen molar-refractivity contribution >= 4 is 23.8 Å². The first-order chi connectivity index (χ1) is 10.9. The minimum absolute atomic E-state index is 0.0132. The van der Waals surface area contributed by atoms with Crippen LogP contribution in [0.4, 0.5) is 4.79 Å². The van der Waals surface area contributed by atoms with Crippen molar-refractivity contribution in [3.05, 3.63) is 0 Å². The Kier molecular flexibility index (Phi) is 5.38. The molecule has 2 unspecified atom stereocenters. The predicted octanol–water partition coefficient (Wildman–Crippen LogP) is 1.81. The van der Waals surface area contributed by atoms with E-state index in [2.05, 4.69) is 17.6 Å². The number of aliphatic carboxylic acids is 1. The van der Waals surface area contributed by atoms with E-state index >= 15 is 0 Å². The van der Waals surface area contributed by atoms with Crippen LogP contribution in [-0.4, -0.2) is 28.9 Å². The van der Waals surface area contributed by atoms with E-state index < -0.39 is 29.2 Å². The van der Waals surface area contributed by atoms with E-state index in [-0.39, 0.29) is 18.8 Å². The third-order valence-corrected chi connectivity index (χ3v) is 5.11. The van der Waals surface area contributed by atoms with Crippen LogP contribution in [0.3, 0.4) is 0 Å². The van der Waals surface area contributed by atoms with Crippen molar-refractivity contribution in [2.24, 2.45) is 17.3 Å². The van der Waals surface area contributed by atoms with Crippen LogP contribution in [0.15, 0.2) is 0 Å². The summed E-state index contributed by atoms with van der Waals surface area (Å²) >= 11 is 0. The van der Waals surface area contributed by atoms with E-state index in [0.29, 0.717) is 18.8 Å². The monoisotopic (exact) mass is 324 g/mol. The van der Waals surface area contributed by atoms with Gasteiger partial charge in [0.05, 0.1) is 0 Å². The van der Waals surface area contributed by atoms with Crippen LogP contribution in [0.5, 0.6) is 0 Å². The molecule has 3 N–H and O–H groups in total. The highest BCUT2D eigenvalue weighted by atomic mass is 16.4. The van der Waals surface area contributed by atoms with Gasteiger partial charge in [-0.15, -0.1) is 0 Å². The Morgan fingerprint density at radius 2 is 1.83 bits per heavy atom. The van der Waals surface area contributed by atoms with Crippen molar-refractivity contribution in [2.75, 3.05) is 0 Å². The Labute approximate surface area is 135 Å². The fraction of sp³-hybridized carbons (Fsp3) is 0.750. The Morgan fingerprint density at radius 1 is 1.17 bits per heavy atom. The van der Waals surface area contributed by atoms with Gasteiger partial charge in [0.25, 0.3) is 0 Å². The molecule has 1 aliphatic carbocycles. The van der Waals surface area contributed by atoms with E-state index in [0.717, 1.165) is 25.7 Å². The molecule has 0 radical (unpaired) electrons. The van der Waals surface area contributed by atoms with E-state index in [9.17, 15) is 19.2 Å². The third kappa shape index (κ3) is 3.71. The second-order valence-electron chi connectivity index (χ2n) is 6.78. The highest BCUT2D eigenvalue weighted by molar-refractivity contribution is 6.19. The number of carbonyl (C=O) groups excluding carboxylic acids is 3. The number of hydrogen-bond donors (Lipinski definition) is 3. The van der Waals surface area contributed by atoms with Crippen LogP contribution in [-0.2, 0) is 14.4 Å². The first-order valence-corrected chi connectivity index (χ1v) is 8.25. The van der Waals surface area contributed by atoms with Crippen LogP contribution in [0.1, 0.15) is 58.3 Å². The topological polar surface area (TPSA) is 113 Å². The number of carbonyl (C=O) groups is 4. The molecule has 7 nitrogen and oxygen atoms in total. The van der Waals surface area contributed by atoms with Crippen LogP contribution in [0.25, 0.3) is 0 Å². The maximum absolute atomic E-state index is 12.6. The molecule has 2 atom stereocenters. The van der Waals surface area contributed by atoms with Crippen LogP contribution in [0, 0.1) is 17.3 Å². The second kappa shape index (κ2) is 7.10. The highest BCUT2D eigenvalue weighted by Crippen LogP contribution is 2.45. The normalized spacial score (nSPS) is 27.3. The molecule has 7 heteroatoms. The Balaban J connectivity index is 2.19. The highest BCUT2D eigenvalue weighted by Gasteiger charge is 2.55. The van der Waals surface area contributed by atoms with Gasteiger partial charge in [0.1, 0.15) is 5.41 Å². The molecule has 2 rings (SSSR count). The number of unbranched alkanes of at least 4 members (excludes halogenated alkanes) is 1. The summed E-state index contributed by atoms with van der Waals surface area (Å²) in [7, 11) is 0.